The van der Waals surface area contributed by atoms with E-state index < -0.39 is 9.84 Å². The van der Waals surface area contributed by atoms with Crippen molar-refractivity contribution in [1.29, 1.82) is 0 Å². The van der Waals surface area contributed by atoms with Crippen molar-refractivity contribution in [2.45, 2.75) is 62.1 Å². The first-order chi connectivity index (χ1) is 12.9. The Morgan fingerprint density at radius 1 is 1.15 bits per heavy atom. The van der Waals surface area contributed by atoms with Crippen LogP contribution in [0.25, 0.3) is 0 Å². The van der Waals surface area contributed by atoms with E-state index in [4.69, 9.17) is 4.52 Å². The molecule has 3 rings (SSSR count). The molecule has 1 aliphatic rings. The third kappa shape index (κ3) is 5.56. The summed E-state index contributed by atoms with van der Waals surface area (Å²) in [6, 6.07) is 7.72. The Morgan fingerprint density at radius 3 is 2.41 bits per heavy atom. The fourth-order valence-corrected chi connectivity index (χ4v) is 4.53. The van der Waals surface area contributed by atoms with Gasteiger partial charge in [-0.1, -0.05) is 30.8 Å². The molecule has 0 saturated heterocycles. The van der Waals surface area contributed by atoms with Gasteiger partial charge in [-0.2, -0.15) is 0 Å². The van der Waals surface area contributed by atoms with E-state index in [0.717, 1.165) is 25.7 Å². The second-order valence-electron chi connectivity index (χ2n) is 7.00. The second-order valence-corrected chi connectivity index (χ2v) is 8.99. The molecule has 0 spiro atoms. The van der Waals surface area contributed by atoms with Crippen LogP contribution in [0.5, 0.6) is 0 Å². The zero-order valence-corrected chi connectivity index (χ0v) is 16.2. The molecule has 0 atom stereocenters. The Bertz CT molecular complexity index is 867. The van der Waals surface area contributed by atoms with Gasteiger partial charge in [0.2, 0.25) is 0 Å². The summed E-state index contributed by atoms with van der Waals surface area (Å²) in [4.78, 5) is 12.3. The zero-order chi connectivity index (χ0) is 19.3. The predicted molar refractivity (Wildman–Crippen MR) is 102 cm³/mol. The molecule has 1 heterocycles. The molecule has 1 aromatic carbocycles. The Labute approximate surface area is 159 Å². The van der Waals surface area contributed by atoms with Crippen LogP contribution in [0.15, 0.2) is 39.8 Å². The van der Waals surface area contributed by atoms with Gasteiger partial charge in [-0.3, -0.25) is 0 Å². The van der Waals surface area contributed by atoms with Gasteiger partial charge in [0.1, 0.15) is 11.5 Å². The monoisotopic (exact) mass is 391 g/mol. The third-order valence-corrected chi connectivity index (χ3v) is 6.34. The summed E-state index contributed by atoms with van der Waals surface area (Å²) in [6.45, 7) is 1.71. The SMILES string of the molecule is Cc1cc(CS(=O)(=O)c2ccc(NC(=O)NC3CCCCCC3)cc2)no1. The number of hydrogen-bond acceptors (Lipinski definition) is 5. The van der Waals surface area contributed by atoms with Gasteiger partial charge in [0, 0.05) is 17.8 Å². The first-order valence-corrected chi connectivity index (χ1v) is 10.9. The van der Waals surface area contributed by atoms with Gasteiger partial charge in [0.25, 0.3) is 0 Å². The van der Waals surface area contributed by atoms with Crippen molar-refractivity contribution in [2.75, 3.05) is 5.32 Å². The summed E-state index contributed by atoms with van der Waals surface area (Å²) < 4.78 is 29.8. The van der Waals surface area contributed by atoms with Crippen molar-refractivity contribution < 1.29 is 17.7 Å². The highest BCUT2D eigenvalue weighted by Crippen LogP contribution is 2.20. The van der Waals surface area contributed by atoms with E-state index in [1.165, 1.54) is 25.0 Å². The van der Waals surface area contributed by atoms with Crippen molar-refractivity contribution >= 4 is 21.6 Å². The number of amides is 2. The maximum atomic E-state index is 12.5. The number of carbonyl (C=O) groups excluding carboxylic acids is 1. The molecule has 0 bridgehead atoms. The predicted octanol–water partition coefficient (Wildman–Crippen LogP) is 3.80. The molecule has 2 N–H and O–H groups in total. The average Bonchev–Trinajstić information content (AvgIpc) is 2.86. The molecule has 1 fully saturated rings. The third-order valence-electron chi connectivity index (χ3n) is 4.68. The summed E-state index contributed by atoms with van der Waals surface area (Å²) in [5.74, 6) is 0.346. The summed E-state index contributed by atoms with van der Waals surface area (Å²) in [6.07, 6.45) is 6.75. The molecule has 2 aromatic rings. The lowest BCUT2D eigenvalue weighted by Crippen LogP contribution is -2.37. The van der Waals surface area contributed by atoms with Crippen molar-refractivity contribution in [3.05, 3.63) is 41.8 Å². The molecule has 2 amide bonds. The number of nitrogens with zero attached hydrogens (tertiary/aromatic N) is 1. The average molecular weight is 391 g/mol. The van der Waals surface area contributed by atoms with Gasteiger partial charge in [-0.05, 0) is 44.0 Å². The van der Waals surface area contributed by atoms with Crippen LogP contribution in [-0.2, 0) is 15.6 Å². The number of benzene rings is 1. The largest absolute Gasteiger partial charge is 0.361 e. The summed E-state index contributed by atoms with van der Waals surface area (Å²) >= 11 is 0. The molecule has 1 saturated carbocycles. The van der Waals surface area contributed by atoms with Gasteiger partial charge < -0.3 is 15.2 Å². The summed E-state index contributed by atoms with van der Waals surface area (Å²) in [5.41, 5.74) is 0.926. The minimum absolute atomic E-state index is 0.179. The number of sulfone groups is 1. The maximum absolute atomic E-state index is 12.5. The van der Waals surface area contributed by atoms with E-state index in [1.807, 2.05) is 0 Å². The molecule has 1 aromatic heterocycles. The van der Waals surface area contributed by atoms with Crippen molar-refractivity contribution in [3.63, 3.8) is 0 Å². The van der Waals surface area contributed by atoms with E-state index in [1.54, 1.807) is 25.1 Å². The first kappa shape index (κ1) is 19.4. The molecule has 146 valence electrons. The number of anilines is 1. The summed E-state index contributed by atoms with van der Waals surface area (Å²) in [7, 11) is -3.52. The Hall–Kier alpha value is -2.35. The number of nitrogens with one attached hydrogen (secondary N) is 2. The van der Waals surface area contributed by atoms with Gasteiger partial charge in [-0.15, -0.1) is 0 Å². The van der Waals surface area contributed by atoms with E-state index in [-0.39, 0.29) is 22.7 Å². The molecule has 7 nitrogen and oxygen atoms in total. The van der Waals surface area contributed by atoms with Gasteiger partial charge in [0.15, 0.2) is 9.84 Å². The minimum atomic E-state index is -3.52. The lowest BCUT2D eigenvalue weighted by atomic mass is 10.1. The molecule has 27 heavy (non-hydrogen) atoms. The number of hydrogen-bond donors (Lipinski definition) is 2. The smallest absolute Gasteiger partial charge is 0.319 e. The Morgan fingerprint density at radius 2 is 1.81 bits per heavy atom. The lowest BCUT2D eigenvalue weighted by molar-refractivity contribution is 0.247. The lowest BCUT2D eigenvalue weighted by Gasteiger charge is -2.16. The molecule has 0 aliphatic heterocycles. The van der Waals surface area contributed by atoms with Crippen molar-refractivity contribution in [2.24, 2.45) is 0 Å². The molecular formula is C19H25N3O4S. The van der Waals surface area contributed by atoms with Gasteiger partial charge in [-0.25, -0.2) is 13.2 Å². The first-order valence-electron chi connectivity index (χ1n) is 9.25. The van der Waals surface area contributed by atoms with Crippen LogP contribution in [0.4, 0.5) is 10.5 Å². The zero-order valence-electron chi connectivity index (χ0n) is 15.4. The van der Waals surface area contributed by atoms with Crippen LogP contribution in [0.1, 0.15) is 50.0 Å². The van der Waals surface area contributed by atoms with Crippen LogP contribution >= 0.6 is 0 Å². The quantitative estimate of drug-likeness (QED) is 0.755. The fourth-order valence-electron chi connectivity index (χ4n) is 3.29. The minimum Gasteiger partial charge on any atom is -0.361 e. The van der Waals surface area contributed by atoms with E-state index in [9.17, 15) is 13.2 Å². The Kier molecular flexibility index (Phi) is 6.15. The van der Waals surface area contributed by atoms with Crippen molar-refractivity contribution in [1.82, 2.24) is 10.5 Å². The second kappa shape index (κ2) is 8.56. The van der Waals surface area contributed by atoms with Crippen LogP contribution in [0, 0.1) is 6.92 Å². The van der Waals surface area contributed by atoms with E-state index >= 15 is 0 Å². The van der Waals surface area contributed by atoms with Gasteiger partial charge >= 0.3 is 6.03 Å². The summed E-state index contributed by atoms with van der Waals surface area (Å²) in [5, 5.41) is 9.50. The van der Waals surface area contributed by atoms with Gasteiger partial charge in [0.05, 0.1) is 10.6 Å². The molecular weight excluding hydrogens is 366 g/mol. The molecule has 8 heteroatoms. The Balaban J connectivity index is 1.58. The van der Waals surface area contributed by atoms with Crippen molar-refractivity contribution in [3.8, 4) is 0 Å². The number of carbonyl (C=O) groups is 1. The molecule has 0 unspecified atom stereocenters. The topological polar surface area (TPSA) is 101 Å². The van der Waals surface area contributed by atoms with Crippen LogP contribution in [0.2, 0.25) is 0 Å². The van der Waals surface area contributed by atoms with Crippen LogP contribution < -0.4 is 10.6 Å². The maximum Gasteiger partial charge on any atom is 0.319 e. The number of aromatic nitrogens is 1. The van der Waals surface area contributed by atoms with Crippen LogP contribution in [-0.4, -0.2) is 25.6 Å². The van der Waals surface area contributed by atoms with E-state index in [0.29, 0.717) is 17.1 Å². The number of rotatable bonds is 5. The van der Waals surface area contributed by atoms with E-state index in [2.05, 4.69) is 15.8 Å². The standard InChI is InChI=1S/C19H25N3O4S/c1-14-12-17(22-26-14)13-27(24,25)18-10-8-16(9-11-18)21-19(23)20-15-6-4-2-3-5-7-15/h8-12,15H,2-7,13H2,1H3,(H2,20,21,23). The number of aryl methyl sites for hydroxylation is 1. The highest BCUT2D eigenvalue weighted by molar-refractivity contribution is 7.90. The molecule has 0 radical (unpaired) electrons. The highest BCUT2D eigenvalue weighted by Gasteiger charge is 2.18. The molecule has 1 aliphatic carbocycles. The van der Waals surface area contributed by atoms with Crippen LogP contribution in [0.3, 0.4) is 0 Å². The number of urea groups is 1. The highest BCUT2D eigenvalue weighted by atomic mass is 32.2. The fraction of sp³-hybridized carbons (Fsp3) is 0.474. The normalized spacial score (nSPS) is 15.9.